The van der Waals surface area contributed by atoms with Crippen LogP contribution in [0.5, 0.6) is 0 Å². The Morgan fingerprint density at radius 1 is 1.18 bits per heavy atom. The summed E-state index contributed by atoms with van der Waals surface area (Å²) in [5.41, 5.74) is 3.82. The third kappa shape index (κ3) is 6.38. The van der Waals surface area contributed by atoms with Crippen molar-refractivity contribution in [2.75, 3.05) is 11.1 Å². The second-order valence-electron chi connectivity index (χ2n) is 10.7. The van der Waals surface area contributed by atoms with Crippen LogP contribution in [0.1, 0.15) is 73.8 Å². The van der Waals surface area contributed by atoms with Gasteiger partial charge < -0.3 is 10.1 Å². The molecule has 1 aliphatic carbocycles. The standard InChI is InChI=1S/C29H36N4O3S2/c1-7-16-33-25(19-12-14-20(15-13-19)29(4,5)6)31-32-28(33)37-17-23(34)30-26-24(27(35)36-18(2)3)21-10-8-9-11-22(21)38-26/h7,12-15,18H,1,8-11,16-17H2,2-6H3,(H,30,34). The molecular weight excluding hydrogens is 516 g/mol. The summed E-state index contributed by atoms with van der Waals surface area (Å²) in [6, 6.07) is 8.35. The molecule has 0 bridgehead atoms. The normalized spacial score (nSPS) is 13.3. The van der Waals surface area contributed by atoms with E-state index in [0.29, 0.717) is 22.3 Å². The number of aryl methyl sites for hydroxylation is 1. The van der Waals surface area contributed by atoms with Crippen molar-refractivity contribution in [1.29, 1.82) is 0 Å². The SMILES string of the molecule is C=CCn1c(SCC(=O)Nc2sc3c(c2C(=O)OC(C)C)CCCC3)nnc1-c1ccc(C(C)(C)C)cc1. The molecule has 0 saturated heterocycles. The maximum Gasteiger partial charge on any atom is 0.341 e. The fraction of sp³-hybridized carbons (Fsp3) is 0.448. The second-order valence-corrected chi connectivity index (χ2v) is 12.8. The van der Waals surface area contributed by atoms with E-state index in [4.69, 9.17) is 4.74 Å². The first-order valence-corrected chi connectivity index (χ1v) is 14.8. The highest BCUT2D eigenvalue weighted by Gasteiger charge is 2.28. The van der Waals surface area contributed by atoms with Gasteiger partial charge >= 0.3 is 5.97 Å². The lowest BCUT2D eigenvalue weighted by atomic mass is 9.87. The molecule has 9 heteroatoms. The van der Waals surface area contributed by atoms with Crippen LogP contribution in [-0.2, 0) is 34.3 Å². The number of allylic oxidation sites excluding steroid dienone is 1. The minimum Gasteiger partial charge on any atom is -0.459 e. The van der Waals surface area contributed by atoms with E-state index in [2.05, 4.69) is 67.1 Å². The van der Waals surface area contributed by atoms with E-state index in [0.717, 1.165) is 42.6 Å². The molecule has 1 aliphatic rings. The Kier molecular flexibility index (Phi) is 8.78. The van der Waals surface area contributed by atoms with Crippen LogP contribution in [0.4, 0.5) is 5.00 Å². The Morgan fingerprint density at radius 3 is 2.55 bits per heavy atom. The maximum atomic E-state index is 13.0. The Labute approximate surface area is 233 Å². The van der Waals surface area contributed by atoms with Crippen molar-refractivity contribution in [2.45, 2.75) is 83.5 Å². The molecule has 0 unspecified atom stereocenters. The average Bonchev–Trinajstić information content (AvgIpc) is 3.43. The minimum atomic E-state index is -0.366. The molecule has 2 aromatic heterocycles. The molecule has 0 atom stereocenters. The summed E-state index contributed by atoms with van der Waals surface area (Å²) in [4.78, 5) is 27.1. The zero-order valence-electron chi connectivity index (χ0n) is 22.8. The Bertz CT molecular complexity index is 1320. The molecule has 1 N–H and O–H groups in total. The largest absolute Gasteiger partial charge is 0.459 e. The highest BCUT2D eigenvalue weighted by atomic mass is 32.2. The fourth-order valence-corrected chi connectivity index (χ4v) is 6.50. The van der Waals surface area contributed by atoms with E-state index in [1.165, 1.54) is 33.5 Å². The fourth-order valence-electron chi connectivity index (χ4n) is 4.46. The molecule has 0 radical (unpaired) electrons. The van der Waals surface area contributed by atoms with Gasteiger partial charge in [-0.15, -0.1) is 28.1 Å². The van der Waals surface area contributed by atoms with E-state index in [1.54, 1.807) is 6.08 Å². The molecule has 0 spiro atoms. The number of thiophene rings is 1. The van der Waals surface area contributed by atoms with Crippen LogP contribution in [0.3, 0.4) is 0 Å². The first-order valence-electron chi connectivity index (χ1n) is 13.0. The van der Waals surface area contributed by atoms with Crippen LogP contribution in [0.25, 0.3) is 11.4 Å². The summed E-state index contributed by atoms with van der Waals surface area (Å²) < 4.78 is 7.47. The quantitative estimate of drug-likeness (QED) is 0.181. The van der Waals surface area contributed by atoms with Gasteiger partial charge in [-0.25, -0.2) is 4.79 Å². The lowest BCUT2D eigenvalue weighted by Crippen LogP contribution is -2.19. The number of carbonyl (C=O) groups excluding carboxylic acids is 2. The molecule has 38 heavy (non-hydrogen) atoms. The molecule has 1 aromatic carbocycles. The van der Waals surface area contributed by atoms with Crippen LogP contribution in [0, 0.1) is 0 Å². The number of thioether (sulfide) groups is 1. The van der Waals surface area contributed by atoms with Gasteiger partial charge in [0.05, 0.1) is 17.4 Å². The van der Waals surface area contributed by atoms with Crippen LogP contribution >= 0.6 is 23.1 Å². The summed E-state index contributed by atoms with van der Waals surface area (Å²) in [5.74, 6) is 0.309. The summed E-state index contributed by atoms with van der Waals surface area (Å²) in [5, 5.41) is 13.0. The summed E-state index contributed by atoms with van der Waals surface area (Å²) in [7, 11) is 0. The number of amides is 1. The van der Waals surface area contributed by atoms with Gasteiger partial charge in [-0.3, -0.25) is 9.36 Å². The summed E-state index contributed by atoms with van der Waals surface area (Å²) in [6.45, 7) is 14.6. The number of benzene rings is 1. The first kappa shape index (κ1) is 28.1. The maximum absolute atomic E-state index is 13.0. The van der Waals surface area contributed by atoms with Gasteiger partial charge in [0, 0.05) is 17.0 Å². The van der Waals surface area contributed by atoms with Gasteiger partial charge in [-0.1, -0.05) is 62.9 Å². The van der Waals surface area contributed by atoms with Crippen molar-refractivity contribution in [3.05, 3.63) is 58.5 Å². The van der Waals surface area contributed by atoms with E-state index in [9.17, 15) is 9.59 Å². The molecule has 7 nitrogen and oxygen atoms in total. The van der Waals surface area contributed by atoms with Gasteiger partial charge in [0.25, 0.3) is 0 Å². The van der Waals surface area contributed by atoms with Crippen molar-refractivity contribution in [3.8, 4) is 11.4 Å². The number of esters is 1. The molecule has 0 saturated carbocycles. The minimum absolute atomic E-state index is 0.0644. The molecule has 0 fully saturated rings. The Morgan fingerprint density at radius 2 is 1.89 bits per heavy atom. The van der Waals surface area contributed by atoms with Crippen molar-refractivity contribution in [1.82, 2.24) is 14.8 Å². The monoisotopic (exact) mass is 552 g/mol. The third-order valence-corrected chi connectivity index (χ3v) is 8.52. The van der Waals surface area contributed by atoms with Crippen molar-refractivity contribution in [3.63, 3.8) is 0 Å². The van der Waals surface area contributed by atoms with E-state index in [1.807, 2.05) is 18.4 Å². The number of anilines is 1. The molecule has 1 amide bonds. The van der Waals surface area contributed by atoms with Crippen molar-refractivity contribution >= 4 is 40.0 Å². The Hall–Kier alpha value is -2.91. The van der Waals surface area contributed by atoms with Crippen molar-refractivity contribution in [2.24, 2.45) is 0 Å². The highest BCUT2D eigenvalue weighted by Crippen LogP contribution is 2.39. The molecule has 202 valence electrons. The van der Waals surface area contributed by atoms with Gasteiger partial charge in [-0.2, -0.15) is 0 Å². The Balaban J connectivity index is 1.50. The first-order chi connectivity index (χ1) is 18.1. The summed E-state index contributed by atoms with van der Waals surface area (Å²) in [6.07, 6.45) is 5.46. The molecule has 2 heterocycles. The number of hydrogen-bond donors (Lipinski definition) is 1. The van der Waals surface area contributed by atoms with Crippen LogP contribution in [-0.4, -0.2) is 38.5 Å². The number of ether oxygens (including phenoxy) is 1. The van der Waals surface area contributed by atoms with E-state index in [-0.39, 0.29) is 29.1 Å². The van der Waals surface area contributed by atoms with Crippen LogP contribution in [0.2, 0.25) is 0 Å². The highest BCUT2D eigenvalue weighted by molar-refractivity contribution is 7.99. The molecule has 4 rings (SSSR count). The van der Waals surface area contributed by atoms with Gasteiger partial charge in [-0.05, 0) is 56.1 Å². The summed E-state index contributed by atoms with van der Waals surface area (Å²) >= 11 is 2.81. The topological polar surface area (TPSA) is 86.1 Å². The number of hydrogen-bond acceptors (Lipinski definition) is 7. The third-order valence-electron chi connectivity index (χ3n) is 6.34. The number of aromatic nitrogens is 3. The molecule has 0 aliphatic heterocycles. The average molecular weight is 553 g/mol. The lowest BCUT2D eigenvalue weighted by molar-refractivity contribution is -0.113. The zero-order valence-corrected chi connectivity index (χ0v) is 24.4. The van der Waals surface area contributed by atoms with Crippen molar-refractivity contribution < 1.29 is 14.3 Å². The smallest absolute Gasteiger partial charge is 0.341 e. The van der Waals surface area contributed by atoms with Crippen LogP contribution in [0.15, 0.2) is 42.1 Å². The van der Waals surface area contributed by atoms with Gasteiger partial charge in [0.2, 0.25) is 5.91 Å². The predicted octanol–water partition coefficient (Wildman–Crippen LogP) is 6.66. The van der Waals surface area contributed by atoms with Gasteiger partial charge in [0.1, 0.15) is 5.00 Å². The lowest BCUT2D eigenvalue weighted by Gasteiger charge is -2.19. The van der Waals surface area contributed by atoms with E-state index < -0.39 is 0 Å². The number of fused-ring (bicyclic) bond motifs is 1. The predicted molar refractivity (Wildman–Crippen MR) is 155 cm³/mol. The number of nitrogens with one attached hydrogen (secondary N) is 1. The number of carbonyl (C=O) groups is 2. The number of nitrogens with zero attached hydrogens (tertiary/aromatic N) is 3. The number of rotatable bonds is 9. The van der Waals surface area contributed by atoms with Gasteiger partial charge in [0.15, 0.2) is 11.0 Å². The van der Waals surface area contributed by atoms with E-state index >= 15 is 0 Å². The zero-order chi connectivity index (χ0) is 27.4. The van der Waals surface area contributed by atoms with Crippen LogP contribution < -0.4 is 5.32 Å². The molecule has 3 aromatic rings. The second kappa shape index (κ2) is 11.9. The molecular formula is C29H36N4O3S2.